The molecule has 3 aromatic carbocycles. The van der Waals surface area contributed by atoms with Crippen molar-refractivity contribution in [3.8, 4) is 11.5 Å². The summed E-state index contributed by atoms with van der Waals surface area (Å²) in [7, 11) is -3.59. The molecular formula is C26H25N3O4S2. The fourth-order valence-corrected chi connectivity index (χ4v) is 6.86. The summed E-state index contributed by atoms with van der Waals surface area (Å²) in [5, 5.41) is 2.96. The lowest BCUT2D eigenvalue weighted by Crippen LogP contribution is -2.41. The molecule has 1 saturated heterocycles. The summed E-state index contributed by atoms with van der Waals surface area (Å²) in [5.74, 6) is 0.191. The number of oxazole rings is 1. The summed E-state index contributed by atoms with van der Waals surface area (Å²) in [6.45, 7) is 0.638. The Hall–Kier alpha value is -3.14. The van der Waals surface area contributed by atoms with E-state index >= 15 is 0 Å². The van der Waals surface area contributed by atoms with Gasteiger partial charge in [0, 0.05) is 35.2 Å². The third-order valence-electron chi connectivity index (χ3n) is 6.20. The Bertz CT molecular complexity index is 1420. The molecule has 180 valence electrons. The number of piperidine rings is 1. The molecule has 0 atom stereocenters. The zero-order chi connectivity index (χ0) is 24.4. The van der Waals surface area contributed by atoms with Crippen molar-refractivity contribution in [1.82, 2.24) is 9.29 Å². The number of anilines is 1. The number of rotatable bonds is 6. The number of nitrogens with zero attached hydrogens (tertiary/aromatic N) is 2. The van der Waals surface area contributed by atoms with Gasteiger partial charge in [-0.3, -0.25) is 4.79 Å². The van der Waals surface area contributed by atoms with E-state index in [-0.39, 0.29) is 11.8 Å². The summed E-state index contributed by atoms with van der Waals surface area (Å²) in [6, 6.07) is 22.0. The topological polar surface area (TPSA) is 92.5 Å². The number of carbonyl (C=O) groups is 1. The molecule has 0 aliphatic carbocycles. The Labute approximate surface area is 208 Å². The van der Waals surface area contributed by atoms with Crippen LogP contribution in [0.15, 0.2) is 87.0 Å². The molecule has 4 aromatic rings. The lowest BCUT2D eigenvalue weighted by atomic mass is 9.97. The van der Waals surface area contributed by atoms with Gasteiger partial charge in [0.2, 0.25) is 21.8 Å². The van der Waals surface area contributed by atoms with E-state index in [9.17, 15) is 13.2 Å². The van der Waals surface area contributed by atoms with E-state index in [1.165, 1.54) is 16.1 Å². The number of benzene rings is 3. The van der Waals surface area contributed by atoms with Gasteiger partial charge in [0.25, 0.3) is 0 Å². The number of nitrogens with one attached hydrogen (secondary N) is 1. The van der Waals surface area contributed by atoms with E-state index in [1.807, 2.05) is 66.9 Å². The summed E-state index contributed by atoms with van der Waals surface area (Å²) >= 11 is 1.41. The largest absolute Gasteiger partial charge is 0.436 e. The molecule has 9 heteroatoms. The molecule has 1 aromatic heterocycles. The van der Waals surface area contributed by atoms with Gasteiger partial charge in [-0.25, -0.2) is 13.4 Å². The highest BCUT2D eigenvalue weighted by Crippen LogP contribution is 2.30. The molecule has 2 heterocycles. The Kier molecular flexibility index (Phi) is 6.64. The maximum atomic E-state index is 13.1. The highest BCUT2D eigenvalue weighted by molar-refractivity contribution is 7.99. The number of hydrogen-bond acceptors (Lipinski definition) is 6. The molecule has 1 aliphatic rings. The molecule has 7 nitrogen and oxygen atoms in total. The van der Waals surface area contributed by atoms with Gasteiger partial charge in [-0.2, -0.15) is 4.31 Å². The quantitative estimate of drug-likeness (QED) is 0.358. The van der Waals surface area contributed by atoms with Gasteiger partial charge in [0.15, 0.2) is 5.58 Å². The number of para-hydroxylation sites is 2. The SMILES string of the molecule is CSc1ccccc1S(=O)(=O)N1CCC(C(=O)Nc2ccc(-c3nc4ccccc4o3)cc2)CC1. The van der Waals surface area contributed by atoms with Crippen molar-refractivity contribution in [1.29, 1.82) is 0 Å². The van der Waals surface area contributed by atoms with Crippen molar-refractivity contribution in [2.45, 2.75) is 22.6 Å². The molecule has 0 saturated carbocycles. The van der Waals surface area contributed by atoms with Crippen LogP contribution >= 0.6 is 11.8 Å². The molecule has 1 fully saturated rings. The molecule has 0 bridgehead atoms. The Morgan fingerprint density at radius 3 is 2.40 bits per heavy atom. The molecule has 5 rings (SSSR count). The molecular weight excluding hydrogens is 482 g/mol. The smallest absolute Gasteiger partial charge is 0.244 e. The average Bonchev–Trinajstić information content (AvgIpc) is 3.33. The number of hydrogen-bond donors (Lipinski definition) is 1. The highest BCUT2D eigenvalue weighted by atomic mass is 32.2. The normalized spacial score (nSPS) is 15.3. The molecule has 1 N–H and O–H groups in total. The van der Waals surface area contributed by atoms with Crippen LogP contribution < -0.4 is 5.32 Å². The van der Waals surface area contributed by atoms with Crippen LogP contribution in [0, 0.1) is 5.92 Å². The Balaban J connectivity index is 1.21. The first-order chi connectivity index (χ1) is 17.0. The van der Waals surface area contributed by atoms with E-state index in [0.717, 1.165) is 21.6 Å². The summed E-state index contributed by atoms with van der Waals surface area (Å²) in [4.78, 5) is 18.4. The second-order valence-electron chi connectivity index (χ2n) is 8.38. The van der Waals surface area contributed by atoms with Crippen molar-refractivity contribution in [2.75, 3.05) is 24.7 Å². The van der Waals surface area contributed by atoms with E-state index in [2.05, 4.69) is 10.3 Å². The van der Waals surface area contributed by atoms with Crippen molar-refractivity contribution in [2.24, 2.45) is 5.92 Å². The zero-order valence-corrected chi connectivity index (χ0v) is 20.8. The van der Waals surface area contributed by atoms with E-state index in [0.29, 0.717) is 42.4 Å². The number of aromatic nitrogens is 1. The molecule has 35 heavy (non-hydrogen) atoms. The molecule has 1 amide bonds. The number of amides is 1. The van der Waals surface area contributed by atoms with Crippen LogP contribution in [-0.2, 0) is 14.8 Å². The monoisotopic (exact) mass is 507 g/mol. The van der Waals surface area contributed by atoms with E-state index < -0.39 is 10.0 Å². The number of thioether (sulfide) groups is 1. The second kappa shape index (κ2) is 9.85. The lowest BCUT2D eigenvalue weighted by Gasteiger charge is -2.31. The van der Waals surface area contributed by atoms with Gasteiger partial charge in [-0.1, -0.05) is 24.3 Å². The van der Waals surface area contributed by atoms with Crippen LogP contribution in [0.2, 0.25) is 0 Å². The first-order valence-electron chi connectivity index (χ1n) is 11.4. The van der Waals surface area contributed by atoms with Crippen molar-refractivity contribution >= 4 is 44.5 Å². The maximum absolute atomic E-state index is 13.1. The number of sulfonamides is 1. The van der Waals surface area contributed by atoms with Gasteiger partial charge in [0.05, 0.1) is 4.90 Å². The van der Waals surface area contributed by atoms with Crippen LogP contribution in [0.4, 0.5) is 5.69 Å². The predicted molar refractivity (Wildman–Crippen MR) is 138 cm³/mol. The van der Waals surface area contributed by atoms with Gasteiger partial charge in [0.1, 0.15) is 5.52 Å². The van der Waals surface area contributed by atoms with Crippen LogP contribution in [0.5, 0.6) is 0 Å². The van der Waals surface area contributed by atoms with Gasteiger partial charge < -0.3 is 9.73 Å². The average molecular weight is 508 g/mol. The third-order valence-corrected chi connectivity index (χ3v) is 9.09. The summed E-state index contributed by atoms with van der Waals surface area (Å²) < 4.78 is 33.6. The van der Waals surface area contributed by atoms with Gasteiger partial charge >= 0.3 is 0 Å². The van der Waals surface area contributed by atoms with E-state index in [4.69, 9.17) is 4.42 Å². The zero-order valence-electron chi connectivity index (χ0n) is 19.2. The summed E-state index contributed by atoms with van der Waals surface area (Å²) in [6.07, 6.45) is 2.83. The van der Waals surface area contributed by atoms with Crippen LogP contribution in [0.25, 0.3) is 22.6 Å². The van der Waals surface area contributed by atoms with Gasteiger partial charge in [-0.15, -0.1) is 11.8 Å². The Morgan fingerprint density at radius 1 is 1.00 bits per heavy atom. The van der Waals surface area contributed by atoms with Crippen LogP contribution in [-0.4, -0.2) is 43.0 Å². The van der Waals surface area contributed by atoms with Crippen LogP contribution in [0.1, 0.15) is 12.8 Å². The summed E-state index contributed by atoms with van der Waals surface area (Å²) in [5.41, 5.74) is 3.03. The highest BCUT2D eigenvalue weighted by Gasteiger charge is 2.33. The predicted octanol–water partition coefficient (Wildman–Crippen LogP) is 5.26. The third kappa shape index (κ3) is 4.84. The first-order valence-corrected chi connectivity index (χ1v) is 14.0. The minimum Gasteiger partial charge on any atom is -0.436 e. The van der Waals surface area contributed by atoms with E-state index in [1.54, 1.807) is 12.1 Å². The molecule has 1 aliphatic heterocycles. The fourth-order valence-electron chi connectivity index (χ4n) is 4.27. The van der Waals surface area contributed by atoms with Crippen molar-refractivity contribution < 1.29 is 17.6 Å². The molecule has 0 spiro atoms. The first kappa shape index (κ1) is 23.6. The second-order valence-corrected chi connectivity index (χ2v) is 11.1. The van der Waals surface area contributed by atoms with Crippen molar-refractivity contribution in [3.05, 3.63) is 72.8 Å². The molecule has 0 unspecified atom stereocenters. The fraction of sp³-hybridized carbons (Fsp3) is 0.231. The standard InChI is InChI=1S/C26H25N3O4S2/c1-34-23-8-4-5-9-24(23)35(31,32)29-16-14-18(15-17-29)25(30)27-20-12-10-19(11-13-20)26-28-21-6-2-3-7-22(21)33-26/h2-13,18H,14-17H2,1H3,(H,27,30). The Morgan fingerprint density at radius 2 is 1.69 bits per heavy atom. The maximum Gasteiger partial charge on any atom is 0.244 e. The minimum absolute atomic E-state index is 0.0961. The van der Waals surface area contributed by atoms with Gasteiger partial charge in [-0.05, 0) is 67.6 Å². The van der Waals surface area contributed by atoms with Crippen molar-refractivity contribution in [3.63, 3.8) is 0 Å². The molecule has 0 radical (unpaired) electrons. The van der Waals surface area contributed by atoms with Crippen LogP contribution in [0.3, 0.4) is 0 Å². The number of fused-ring (bicyclic) bond motifs is 1. The number of carbonyl (C=O) groups excluding carboxylic acids is 1. The lowest BCUT2D eigenvalue weighted by molar-refractivity contribution is -0.120. The minimum atomic E-state index is -3.59.